The van der Waals surface area contributed by atoms with E-state index in [1.807, 2.05) is 0 Å². The monoisotopic (exact) mass is 574 g/mol. The molecule has 0 fully saturated rings. The van der Waals surface area contributed by atoms with Crippen molar-refractivity contribution < 1.29 is 38.1 Å². The van der Waals surface area contributed by atoms with Crippen LogP contribution >= 0.6 is 0 Å². The highest BCUT2D eigenvalue weighted by molar-refractivity contribution is 5.70. The second-order valence-corrected chi connectivity index (χ2v) is 9.84. The first kappa shape index (κ1) is 37.7. The zero-order valence-corrected chi connectivity index (χ0v) is 25.8. The van der Waals surface area contributed by atoms with Crippen molar-refractivity contribution in [3.05, 3.63) is 0 Å². The Morgan fingerprint density at radius 3 is 1.05 bits per heavy atom. The summed E-state index contributed by atoms with van der Waals surface area (Å²) in [7, 11) is 7.58. The van der Waals surface area contributed by atoms with Gasteiger partial charge in [0.1, 0.15) is 0 Å². The lowest BCUT2D eigenvalue weighted by Crippen LogP contribution is -2.42. The molecule has 0 aromatic rings. The van der Waals surface area contributed by atoms with E-state index < -0.39 is 0 Å². The average molecular weight is 575 g/mol. The van der Waals surface area contributed by atoms with Crippen LogP contribution in [0.15, 0.2) is 0 Å². The van der Waals surface area contributed by atoms with E-state index in [1.54, 1.807) is 0 Å². The second kappa shape index (κ2) is 24.5. The first-order valence-electron chi connectivity index (χ1n) is 14.3. The molecule has 0 aromatic heterocycles. The quantitative estimate of drug-likeness (QED) is 0.0887. The van der Waals surface area contributed by atoms with E-state index in [4.69, 9.17) is 18.9 Å². The molecule has 0 aliphatic heterocycles. The third-order valence-corrected chi connectivity index (χ3v) is 6.85. The van der Waals surface area contributed by atoms with Crippen molar-refractivity contribution in [2.75, 3.05) is 107 Å². The summed E-state index contributed by atoms with van der Waals surface area (Å²) in [6.45, 7) is 10.1. The molecule has 0 rings (SSSR count). The molecule has 0 unspecified atom stereocenters. The molecular formula is C28H54N4O8. The largest absolute Gasteiger partial charge is 0.469 e. The smallest absolute Gasteiger partial charge is 0.306 e. The van der Waals surface area contributed by atoms with E-state index in [9.17, 15) is 19.2 Å². The van der Waals surface area contributed by atoms with Crippen LogP contribution in [0.2, 0.25) is 0 Å². The number of methoxy groups -OCH3 is 4. The van der Waals surface area contributed by atoms with Crippen molar-refractivity contribution >= 4 is 23.9 Å². The number of ether oxygens (including phenoxy) is 4. The van der Waals surface area contributed by atoms with Crippen LogP contribution in [-0.4, -0.2) is 151 Å². The van der Waals surface area contributed by atoms with E-state index in [2.05, 4.69) is 33.6 Å². The first-order valence-corrected chi connectivity index (χ1v) is 14.3. The highest BCUT2D eigenvalue weighted by Gasteiger charge is 2.15. The van der Waals surface area contributed by atoms with Gasteiger partial charge in [-0.1, -0.05) is 19.8 Å². The summed E-state index contributed by atoms with van der Waals surface area (Å²) in [5, 5.41) is 0. The predicted molar refractivity (Wildman–Crippen MR) is 153 cm³/mol. The molecule has 0 saturated heterocycles. The van der Waals surface area contributed by atoms with E-state index in [-0.39, 0.29) is 49.6 Å². The van der Waals surface area contributed by atoms with Crippen molar-refractivity contribution in [2.45, 2.75) is 51.9 Å². The molecule has 0 amide bonds. The summed E-state index contributed by atoms with van der Waals surface area (Å²) in [5.74, 6) is -1.08. The van der Waals surface area contributed by atoms with E-state index in [0.717, 1.165) is 65.1 Å². The minimum atomic E-state index is -0.272. The first-order chi connectivity index (χ1) is 19.2. The molecule has 234 valence electrons. The lowest BCUT2D eigenvalue weighted by molar-refractivity contribution is -0.142. The maximum atomic E-state index is 11.7. The third-order valence-electron chi connectivity index (χ3n) is 6.85. The molecule has 12 heteroatoms. The number of unbranched alkanes of at least 4 members (excludes halogenated alkanes) is 2. The fraction of sp³-hybridized carbons (Fsp3) is 0.857. The maximum absolute atomic E-state index is 11.7. The minimum absolute atomic E-state index is 0.267. The summed E-state index contributed by atoms with van der Waals surface area (Å²) in [4.78, 5) is 55.5. The SMILES string of the molecule is CCCCCN(CCN(C)CCN(CCC(=O)OC)CCC(=O)OC)CCN(CCC(=O)OC)CCC(=O)OC. The van der Waals surface area contributed by atoms with E-state index in [1.165, 1.54) is 28.4 Å². The fourth-order valence-corrected chi connectivity index (χ4v) is 4.02. The molecule has 0 N–H and O–H groups in total. The fourth-order valence-electron chi connectivity index (χ4n) is 4.02. The molecule has 0 bridgehead atoms. The Labute approximate surface area is 241 Å². The van der Waals surface area contributed by atoms with Crippen LogP contribution < -0.4 is 0 Å². The Balaban J connectivity index is 4.95. The number of carbonyl (C=O) groups is 4. The van der Waals surface area contributed by atoms with Gasteiger partial charge in [0.2, 0.25) is 0 Å². The van der Waals surface area contributed by atoms with Gasteiger partial charge in [0.25, 0.3) is 0 Å². The van der Waals surface area contributed by atoms with E-state index in [0.29, 0.717) is 26.2 Å². The van der Waals surface area contributed by atoms with Gasteiger partial charge in [-0.3, -0.25) is 19.2 Å². The number of hydrogen-bond acceptors (Lipinski definition) is 12. The molecule has 0 aromatic carbocycles. The van der Waals surface area contributed by atoms with Gasteiger partial charge in [-0.15, -0.1) is 0 Å². The second-order valence-electron chi connectivity index (χ2n) is 9.84. The standard InChI is InChI=1S/C28H54N4O8/c1-7-8-9-14-30(23-24-32(17-12-27(35)39-5)18-13-28(36)40-6)21-19-29(2)20-22-31(15-10-25(33)37-3)16-11-26(34)38-4/h7-24H2,1-6H3. The highest BCUT2D eigenvalue weighted by Crippen LogP contribution is 2.04. The maximum Gasteiger partial charge on any atom is 0.306 e. The Bertz CT molecular complexity index is 670. The zero-order chi connectivity index (χ0) is 30.2. The van der Waals surface area contributed by atoms with Crippen LogP contribution in [0.3, 0.4) is 0 Å². The number of nitrogens with zero attached hydrogens (tertiary/aromatic N) is 4. The lowest BCUT2D eigenvalue weighted by Gasteiger charge is -2.30. The van der Waals surface area contributed by atoms with Crippen LogP contribution in [0.5, 0.6) is 0 Å². The molecule has 0 aliphatic carbocycles. The van der Waals surface area contributed by atoms with Crippen LogP contribution in [0.1, 0.15) is 51.9 Å². The summed E-state index contributed by atoms with van der Waals surface area (Å²) in [6.07, 6.45) is 4.52. The number of hydrogen-bond donors (Lipinski definition) is 0. The number of carbonyl (C=O) groups excluding carboxylic acids is 4. The van der Waals surface area contributed by atoms with Gasteiger partial charge in [0.15, 0.2) is 0 Å². The molecule has 0 heterocycles. The predicted octanol–water partition coefficient (Wildman–Crippen LogP) is 1.27. The molecule has 0 radical (unpaired) electrons. The summed E-state index contributed by atoms with van der Waals surface area (Å²) in [5.41, 5.74) is 0. The van der Waals surface area contributed by atoms with Gasteiger partial charge < -0.3 is 38.5 Å². The number of rotatable bonds is 25. The van der Waals surface area contributed by atoms with Crippen LogP contribution in [-0.2, 0) is 38.1 Å². The summed E-state index contributed by atoms with van der Waals surface area (Å²) < 4.78 is 19.1. The highest BCUT2D eigenvalue weighted by atomic mass is 16.5. The van der Waals surface area contributed by atoms with Crippen molar-refractivity contribution in [3.8, 4) is 0 Å². The Hall–Kier alpha value is -2.28. The van der Waals surface area contributed by atoms with Crippen LogP contribution in [0.25, 0.3) is 0 Å². The Morgan fingerprint density at radius 1 is 0.450 bits per heavy atom. The minimum Gasteiger partial charge on any atom is -0.469 e. The van der Waals surface area contributed by atoms with Crippen LogP contribution in [0.4, 0.5) is 0 Å². The lowest BCUT2D eigenvalue weighted by atomic mass is 10.2. The Kier molecular flexibility index (Phi) is 23.1. The molecule has 0 atom stereocenters. The van der Waals surface area contributed by atoms with Crippen molar-refractivity contribution in [1.29, 1.82) is 0 Å². The number of likely N-dealkylation sites (N-methyl/N-ethyl adjacent to an activating group) is 1. The van der Waals surface area contributed by atoms with Gasteiger partial charge in [0, 0.05) is 65.4 Å². The average Bonchev–Trinajstić information content (AvgIpc) is 2.97. The van der Waals surface area contributed by atoms with E-state index >= 15 is 0 Å². The topological polar surface area (TPSA) is 118 Å². The Morgan fingerprint density at radius 2 is 0.750 bits per heavy atom. The van der Waals surface area contributed by atoms with Crippen LogP contribution in [0, 0.1) is 0 Å². The van der Waals surface area contributed by atoms with Gasteiger partial charge in [0.05, 0.1) is 54.1 Å². The van der Waals surface area contributed by atoms with Crippen molar-refractivity contribution in [2.24, 2.45) is 0 Å². The van der Waals surface area contributed by atoms with Gasteiger partial charge >= 0.3 is 23.9 Å². The van der Waals surface area contributed by atoms with Gasteiger partial charge in [-0.2, -0.15) is 0 Å². The van der Waals surface area contributed by atoms with Crippen molar-refractivity contribution in [3.63, 3.8) is 0 Å². The summed E-state index contributed by atoms with van der Waals surface area (Å²) >= 11 is 0. The molecular weight excluding hydrogens is 520 g/mol. The van der Waals surface area contributed by atoms with Gasteiger partial charge in [-0.05, 0) is 20.0 Å². The zero-order valence-electron chi connectivity index (χ0n) is 25.8. The molecule has 0 saturated carbocycles. The molecule has 12 nitrogen and oxygen atoms in total. The number of esters is 4. The molecule has 0 aliphatic rings. The third kappa shape index (κ3) is 20.6. The molecule has 0 spiro atoms. The normalized spacial score (nSPS) is 11.3. The molecule has 40 heavy (non-hydrogen) atoms. The van der Waals surface area contributed by atoms with Gasteiger partial charge in [-0.25, -0.2) is 0 Å². The van der Waals surface area contributed by atoms with Crippen molar-refractivity contribution in [1.82, 2.24) is 19.6 Å². The summed E-state index contributed by atoms with van der Waals surface area (Å²) in [6, 6.07) is 0.